The number of carbonyl (C=O) groups is 1. The summed E-state index contributed by atoms with van der Waals surface area (Å²) in [5.41, 5.74) is 8.70. The molecule has 0 unspecified atom stereocenters. The highest BCUT2D eigenvalue weighted by molar-refractivity contribution is 6.03. The molecule has 0 atom stereocenters. The minimum Gasteiger partial charge on any atom is -0.379 e. The predicted octanol–water partition coefficient (Wildman–Crippen LogP) is 3.41. The van der Waals surface area contributed by atoms with Crippen LogP contribution in [0.1, 0.15) is 61.9 Å². The van der Waals surface area contributed by atoms with Crippen molar-refractivity contribution in [3.8, 4) is 0 Å². The van der Waals surface area contributed by atoms with Gasteiger partial charge in [-0.15, -0.1) is 5.10 Å². The van der Waals surface area contributed by atoms with Gasteiger partial charge >= 0.3 is 0 Å². The summed E-state index contributed by atoms with van der Waals surface area (Å²) in [4.78, 5) is 21.5. The number of pyridine rings is 1. The lowest BCUT2D eigenvalue weighted by atomic mass is 9.92. The molecule has 0 saturated heterocycles. The van der Waals surface area contributed by atoms with E-state index in [1.807, 2.05) is 6.07 Å². The zero-order valence-corrected chi connectivity index (χ0v) is 18.1. The molecule has 9 nitrogen and oxygen atoms in total. The first kappa shape index (κ1) is 20.7. The van der Waals surface area contributed by atoms with Crippen LogP contribution >= 0.6 is 0 Å². The molecule has 0 aromatic carbocycles. The normalized spacial score (nSPS) is 21.5. The molecule has 0 aliphatic heterocycles. The lowest BCUT2D eigenvalue weighted by molar-refractivity contribution is 0.102. The maximum Gasteiger partial charge on any atom is 0.276 e. The lowest BCUT2D eigenvalue weighted by Crippen LogP contribution is -2.33. The highest BCUT2D eigenvalue weighted by Gasteiger charge is 2.23. The molecule has 1 amide bonds. The van der Waals surface area contributed by atoms with Gasteiger partial charge in [-0.05, 0) is 50.7 Å². The standard InChI is InChI=1S/C23H30N8O/c24-15-5-7-17(8-6-15)28-21-13-19(27-16-3-1-2-4-16)22-26-14-20(31(22)30-21)23(32)29-18-9-11-25-12-10-18/h9-17,27H,1-8,24H2,(H,28,30)(H,25,29,32). The molecule has 0 radical (unpaired) electrons. The lowest BCUT2D eigenvalue weighted by Gasteiger charge is -2.27. The average molecular weight is 435 g/mol. The Labute approximate surface area is 187 Å². The fourth-order valence-corrected chi connectivity index (χ4v) is 4.69. The first-order chi connectivity index (χ1) is 15.7. The molecule has 0 bridgehead atoms. The van der Waals surface area contributed by atoms with Gasteiger partial charge in [0.1, 0.15) is 5.82 Å². The molecular weight excluding hydrogens is 404 g/mol. The van der Waals surface area contributed by atoms with E-state index in [9.17, 15) is 4.79 Å². The zero-order valence-electron chi connectivity index (χ0n) is 18.1. The van der Waals surface area contributed by atoms with Gasteiger partial charge < -0.3 is 21.7 Å². The molecule has 5 rings (SSSR count). The number of nitrogens with zero attached hydrogens (tertiary/aromatic N) is 4. The molecule has 3 aromatic heterocycles. The maximum absolute atomic E-state index is 13.0. The number of hydrogen-bond donors (Lipinski definition) is 4. The molecule has 2 saturated carbocycles. The molecule has 32 heavy (non-hydrogen) atoms. The molecule has 2 aliphatic carbocycles. The predicted molar refractivity (Wildman–Crippen MR) is 125 cm³/mol. The summed E-state index contributed by atoms with van der Waals surface area (Å²) in [5.74, 6) is 0.484. The number of rotatable bonds is 6. The molecule has 0 spiro atoms. The molecule has 5 N–H and O–H groups in total. The van der Waals surface area contributed by atoms with Crippen molar-refractivity contribution in [1.29, 1.82) is 0 Å². The van der Waals surface area contributed by atoms with E-state index in [4.69, 9.17) is 10.8 Å². The summed E-state index contributed by atoms with van der Waals surface area (Å²) in [7, 11) is 0. The average Bonchev–Trinajstić information content (AvgIpc) is 3.46. The van der Waals surface area contributed by atoms with Gasteiger partial charge in [-0.2, -0.15) is 0 Å². The summed E-state index contributed by atoms with van der Waals surface area (Å²) < 4.78 is 1.64. The highest BCUT2D eigenvalue weighted by atomic mass is 16.2. The Morgan fingerprint density at radius 2 is 1.72 bits per heavy atom. The monoisotopic (exact) mass is 434 g/mol. The van der Waals surface area contributed by atoms with E-state index >= 15 is 0 Å². The number of fused-ring (bicyclic) bond motifs is 1. The van der Waals surface area contributed by atoms with Crippen LogP contribution in [-0.4, -0.2) is 43.6 Å². The van der Waals surface area contributed by atoms with Crippen LogP contribution in [0.15, 0.2) is 36.8 Å². The number of imidazole rings is 1. The second kappa shape index (κ2) is 9.12. The van der Waals surface area contributed by atoms with E-state index in [0.29, 0.717) is 35.2 Å². The minimum atomic E-state index is -0.260. The van der Waals surface area contributed by atoms with Crippen LogP contribution in [0.4, 0.5) is 17.2 Å². The molecular formula is C23H30N8O. The summed E-state index contributed by atoms with van der Waals surface area (Å²) in [5, 5.41) is 14.9. The van der Waals surface area contributed by atoms with Crippen LogP contribution in [0.3, 0.4) is 0 Å². The Morgan fingerprint density at radius 1 is 1.00 bits per heavy atom. The Balaban J connectivity index is 1.45. The number of nitrogens with one attached hydrogen (secondary N) is 3. The van der Waals surface area contributed by atoms with Crippen molar-refractivity contribution in [2.45, 2.75) is 69.5 Å². The molecule has 168 valence electrons. The van der Waals surface area contributed by atoms with E-state index in [1.54, 1.807) is 35.2 Å². The number of carbonyl (C=O) groups excluding carboxylic acids is 1. The largest absolute Gasteiger partial charge is 0.379 e. The first-order valence-electron chi connectivity index (χ1n) is 11.5. The second-order valence-electron chi connectivity index (χ2n) is 8.89. The Hall–Kier alpha value is -3.20. The SMILES string of the molecule is NC1CCC(Nc2cc(NC3CCCC3)c3ncc(C(=O)Nc4ccncc4)n3n2)CC1. The molecule has 3 heterocycles. The molecule has 2 aliphatic rings. The van der Waals surface area contributed by atoms with Crippen molar-refractivity contribution in [2.75, 3.05) is 16.0 Å². The van der Waals surface area contributed by atoms with E-state index in [-0.39, 0.29) is 5.91 Å². The number of amides is 1. The van der Waals surface area contributed by atoms with Gasteiger partial charge in [-0.3, -0.25) is 9.78 Å². The van der Waals surface area contributed by atoms with Gasteiger partial charge in [0, 0.05) is 42.3 Å². The van der Waals surface area contributed by atoms with Crippen molar-refractivity contribution in [1.82, 2.24) is 19.6 Å². The van der Waals surface area contributed by atoms with Gasteiger partial charge in [-0.25, -0.2) is 9.50 Å². The third-order valence-corrected chi connectivity index (χ3v) is 6.48. The van der Waals surface area contributed by atoms with E-state index < -0.39 is 0 Å². The molecule has 2 fully saturated rings. The van der Waals surface area contributed by atoms with Crippen LogP contribution in [0, 0.1) is 0 Å². The fourth-order valence-electron chi connectivity index (χ4n) is 4.69. The third-order valence-electron chi connectivity index (χ3n) is 6.48. The van der Waals surface area contributed by atoms with E-state index in [2.05, 4.69) is 25.9 Å². The van der Waals surface area contributed by atoms with Crippen molar-refractivity contribution >= 4 is 28.7 Å². The number of hydrogen-bond acceptors (Lipinski definition) is 7. The van der Waals surface area contributed by atoms with E-state index in [0.717, 1.165) is 50.0 Å². The van der Waals surface area contributed by atoms with Gasteiger partial charge in [0.05, 0.1) is 11.9 Å². The van der Waals surface area contributed by atoms with Gasteiger partial charge in [0.25, 0.3) is 5.91 Å². The van der Waals surface area contributed by atoms with Crippen molar-refractivity contribution in [3.63, 3.8) is 0 Å². The Bertz CT molecular complexity index is 1070. The van der Waals surface area contributed by atoms with Gasteiger partial charge in [-0.1, -0.05) is 12.8 Å². The zero-order chi connectivity index (χ0) is 21.9. The maximum atomic E-state index is 13.0. The number of nitrogens with two attached hydrogens (primary N) is 1. The second-order valence-corrected chi connectivity index (χ2v) is 8.89. The summed E-state index contributed by atoms with van der Waals surface area (Å²) in [6.07, 6.45) is 13.7. The summed E-state index contributed by atoms with van der Waals surface area (Å²) in [6.45, 7) is 0. The smallest absolute Gasteiger partial charge is 0.276 e. The minimum absolute atomic E-state index is 0.260. The van der Waals surface area contributed by atoms with Crippen LogP contribution < -0.4 is 21.7 Å². The first-order valence-corrected chi connectivity index (χ1v) is 11.5. The number of anilines is 3. The summed E-state index contributed by atoms with van der Waals surface area (Å²) in [6, 6.07) is 6.58. The van der Waals surface area contributed by atoms with Crippen molar-refractivity contribution in [2.24, 2.45) is 5.73 Å². The van der Waals surface area contributed by atoms with Crippen molar-refractivity contribution in [3.05, 3.63) is 42.5 Å². The van der Waals surface area contributed by atoms with E-state index in [1.165, 1.54) is 12.8 Å². The van der Waals surface area contributed by atoms with Gasteiger partial charge in [0.2, 0.25) is 0 Å². The number of aromatic nitrogens is 4. The summed E-state index contributed by atoms with van der Waals surface area (Å²) >= 11 is 0. The van der Waals surface area contributed by atoms with Crippen LogP contribution in [0.5, 0.6) is 0 Å². The van der Waals surface area contributed by atoms with Crippen LogP contribution in [0.25, 0.3) is 5.65 Å². The highest BCUT2D eigenvalue weighted by Crippen LogP contribution is 2.28. The van der Waals surface area contributed by atoms with Crippen LogP contribution in [-0.2, 0) is 0 Å². The molecule has 3 aromatic rings. The van der Waals surface area contributed by atoms with Crippen LogP contribution in [0.2, 0.25) is 0 Å². The molecule has 9 heteroatoms. The third kappa shape index (κ3) is 4.52. The fraction of sp³-hybridized carbons (Fsp3) is 0.478. The Kier molecular flexibility index (Phi) is 5.89. The topological polar surface area (TPSA) is 122 Å². The Morgan fingerprint density at radius 3 is 2.47 bits per heavy atom. The van der Waals surface area contributed by atoms with Crippen molar-refractivity contribution < 1.29 is 4.79 Å². The van der Waals surface area contributed by atoms with Gasteiger partial charge in [0.15, 0.2) is 11.3 Å². The quantitative estimate of drug-likeness (QED) is 0.469.